The second-order valence-corrected chi connectivity index (χ2v) is 4.30. The fourth-order valence-electron chi connectivity index (χ4n) is 1.53. The van der Waals surface area contributed by atoms with Crippen LogP contribution in [0.5, 0.6) is 0 Å². The molecule has 4 heteroatoms. The van der Waals surface area contributed by atoms with Gasteiger partial charge in [-0.2, -0.15) is 0 Å². The van der Waals surface area contributed by atoms with Crippen molar-refractivity contribution >= 4 is 34.7 Å². The molecule has 0 fully saturated rings. The summed E-state index contributed by atoms with van der Waals surface area (Å²) in [6, 6.07) is 11.8. The lowest BCUT2D eigenvalue weighted by molar-refractivity contribution is 0.103. The lowest BCUT2D eigenvalue weighted by Gasteiger charge is -2.07. The Morgan fingerprint density at radius 3 is 2.29 bits per heavy atom. The Hall–Kier alpha value is -1.51. The maximum Gasteiger partial charge on any atom is 0.196 e. The molecular formula is C13H9Cl2NO. The Balaban J connectivity index is 2.52. The highest BCUT2D eigenvalue weighted by Gasteiger charge is 2.16. The summed E-state index contributed by atoms with van der Waals surface area (Å²) in [7, 11) is 0. The van der Waals surface area contributed by atoms with Crippen LogP contribution in [0.4, 0.5) is 5.69 Å². The van der Waals surface area contributed by atoms with Gasteiger partial charge in [-0.15, -0.1) is 0 Å². The highest BCUT2D eigenvalue weighted by molar-refractivity contribution is 6.44. The number of anilines is 1. The van der Waals surface area contributed by atoms with E-state index < -0.39 is 0 Å². The molecule has 0 radical (unpaired) electrons. The first-order valence-electron chi connectivity index (χ1n) is 4.94. The molecule has 0 saturated heterocycles. The lowest BCUT2D eigenvalue weighted by Crippen LogP contribution is -2.05. The van der Waals surface area contributed by atoms with Crippen molar-refractivity contribution in [1.29, 1.82) is 0 Å². The van der Waals surface area contributed by atoms with Crippen LogP contribution < -0.4 is 5.73 Å². The molecule has 0 aliphatic rings. The van der Waals surface area contributed by atoms with Gasteiger partial charge >= 0.3 is 0 Å². The predicted octanol–water partition coefficient (Wildman–Crippen LogP) is 3.81. The van der Waals surface area contributed by atoms with Gasteiger partial charge in [-0.3, -0.25) is 4.79 Å². The van der Waals surface area contributed by atoms with Crippen LogP contribution in [0.2, 0.25) is 10.0 Å². The van der Waals surface area contributed by atoms with Gasteiger partial charge in [0.15, 0.2) is 5.78 Å². The summed E-state index contributed by atoms with van der Waals surface area (Å²) in [5.41, 5.74) is 6.96. The molecule has 0 heterocycles. The van der Waals surface area contributed by atoms with E-state index in [1.807, 2.05) is 0 Å². The molecule has 0 spiro atoms. The molecule has 0 amide bonds. The SMILES string of the molecule is Nc1ccccc1C(=O)c1cccc(Cl)c1Cl. The number of rotatable bonds is 2. The monoisotopic (exact) mass is 265 g/mol. The standard InChI is InChI=1S/C13H9Cl2NO/c14-10-6-3-5-9(12(10)15)13(17)8-4-1-2-7-11(8)16/h1-7H,16H2. The molecule has 17 heavy (non-hydrogen) atoms. The maximum absolute atomic E-state index is 12.2. The summed E-state index contributed by atoms with van der Waals surface area (Å²) in [6.45, 7) is 0. The zero-order valence-corrected chi connectivity index (χ0v) is 10.3. The van der Waals surface area contributed by atoms with Crippen molar-refractivity contribution in [3.8, 4) is 0 Å². The molecule has 2 rings (SSSR count). The second kappa shape index (κ2) is 4.78. The molecule has 86 valence electrons. The fraction of sp³-hybridized carbons (Fsp3) is 0. The van der Waals surface area contributed by atoms with Crippen LogP contribution in [0.3, 0.4) is 0 Å². The van der Waals surface area contributed by atoms with Gasteiger partial charge in [0.1, 0.15) is 0 Å². The Kier molecular flexibility index (Phi) is 3.36. The smallest absolute Gasteiger partial charge is 0.196 e. The third-order valence-corrected chi connectivity index (χ3v) is 3.22. The maximum atomic E-state index is 12.2. The van der Waals surface area contributed by atoms with Crippen LogP contribution in [-0.4, -0.2) is 5.78 Å². The summed E-state index contributed by atoms with van der Waals surface area (Å²) in [6.07, 6.45) is 0. The normalized spacial score (nSPS) is 10.2. The van der Waals surface area contributed by atoms with Gasteiger partial charge < -0.3 is 5.73 Å². The van der Waals surface area contributed by atoms with Gasteiger partial charge in [0.2, 0.25) is 0 Å². The van der Waals surface area contributed by atoms with Crippen LogP contribution in [0.25, 0.3) is 0 Å². The van der Waals surface area contributed by atoms with Crippen molar-refractivity contribution in [2.75, 3.05) is 5.73 Å². The van der Waals surface area contributed by atoms with Crippen molar-refractivity contribution in [1.82, 2.24) is 0 Å². The number of nitrogen functional groups attached to an aromatic ring is 1. The second-order valence-electron chi connectivity index (χ2n) is 3.52. The van der Waals surface area contributed by atoms with Gasteiger partial charge in [0.05, 0.1) is 10.0 Å². The zero-order chi connectivity index (χ0) is 12.4. The quantitative estimate of drug-likeness (QED) is 0.663. The van der Waals surface area contributed by atoms with Crippen molar-refractivity contribution in [3.05, 3.63) is 63.6 Å². The van der Waals surface area contributed by atoms with E-state index in [2.05, 4.69) is 0 Å². The highest BCUT2D eigenvalue weighted by atomic mass is 35.5. The van der Waals surface area contributed by atoms with Crippen LogP contribution >= 0.6 is 23.2 Å². The molecule has 2 N–H and O–H groups in total. The lowest BCUT2D eigenvalue weighted by atomic mass is 10.0. The van der Waals surface area contributed by atoms with Gasteiger partial charge in [-0.05, 0) is 24.3 Å². The number of carbonyl (C=O) groups excluding carboxylic acids is 1. The van der Waals surface area contributed by atoms with E-state index in [1.54, 1.807) is 42.5 Å². The first kappa shape index (κ1) is 12.0. The van der Waals surface area contributed by atoms with E-state index in [0.29, 0.717) is 21.8 Å². The largest absolute Gasteiger partial charge is 0.398 e. The van der Waals surface area contributed by atoms with Crippen molar-refractivity contribution in [2.24, 2.45) is 0 Å². The average molecular weight is 266 g/mol. The highest BCUT2D eigenvalue weighted by Crippen LogP contribution is 2.28. The Bertz CT molecular complexity index is 581. The first-order chi connectivity index (χ1) is 8.11. The predicted molar refractivity (Wildman–Crippen MR) is 70.7 cm³/mol. The minimum absolute atomic E-state index is 0.226. The molecule has 0 aromatic heterocycles. The fourth-order valence-corrected chi connectivity index (χ4v) is 1.91. The van der Waals surface area contributed by atoms with E-state index in [-0.39, 0.29) is 10.8 Å². The van der Waals surface area contributed by atoms with E-state index >= 15 is 0 Å². The first-order valence-corrected chi connectivity index (χ1v) is 5.70. The van der Waals surface area contributed by atoms with Gasteiger partial charge in [0.25, 0.3) is 0 Å². The summed E-state index contributed by atoms with van der Waals surface area (Å²) in [5.74, 6) is -0.226. The Morgan fingerprint density at radius 2 is 1.59 bits per heavy atom. The summed E-state index contributed by atoms with van der Waals surface area (Å²) < 4.78 is 0. The van der Waals surface area contributed by atoms with Gasteiger partial charge in [-0.1, -0.05) is 41.4 Å². The molecule has 0 saturated carbocycles. The Labute approximate surface area is 109 Å². The molecule has 0 atom stereocenters. The minimum atomic E-state index is -0.226. The van der Waals surface area contributed by atoms with E-state index in [9.17, 15) is 4.79 Å². The topological polar surface area (TPSA) is 43.1 Å². The summed E-state index contributed by atoms with van der Waals surface area (Å²) >= 11 is 11.9. The molecular weight excluding hydrogens is 257 g/mol. The number of hydrogen-bond donors (Lipinski definition) is 1. The van der Waals surface area contributed by atoms with Crippen LogP contribution in [0, 0.1) is 0 Å². The number of hydrogen-bond acceptors (Lipinski definition) is 2. The molecule has 0 bridgehead atoms. The number of halogens is 2. The van der Waals surface area contributed by atoms with E-state index in [0.717, 1.165) is 0 Å². The third-order valence-electron chi connectivity index (χ3n) is 2.40. The summed E-state index contributed by atoms with van der Waals surface area (Å²) in [4.78, 5) is 12.2. The minimum Gasteiger partial charge on any atom is -0.398 e. The molecule has 0 aliphatic carbocycles. The van der Waals surface area contributed by atoms with E-state index in [4.69, 9.17) is 28.9 Å². The molecule has 2 aromatic rings. The molecule has 0 unspecified atom stereocenters. The van der Waals surface area contributed by atoms with Crippen molar-refractivity contribution < 1.29 is 4.79 Å². The van der Waals surface area contributed by atoms with Gasteiger partial charge in [0, 0.05) is 16.8 Å². The average Bonchev–Trinajstić information content (AvgIpc) is 2.32. The van der Waals surface area contributed by atoms with Gasteiger partial charge in [-0.25, -0.2) is 0 Å². The molecule has 2 aromatic carbocycles. The van der Waals surface area contributed by atoms with Crippen molar-refractivity contribution in [3.63, 3.8) is 0 Å². The zero-order valence-electron chi connectivity index (χ0n) is 8.78. The van der Waals surface area contributed by atoms with E-state index in [1.165, 1.54) is 0 Å². The molecule has 0 aliphatic heterocycles. The van der Waals surface area contributed by atoms with Crippen LogP contribution in [0.1, 0.15) is 15.9 Å². The number of carbonyl (C=O) groups is 1. The number of para-hydroxylation sites is 1. The number of nitrogens with two attached hydrogens (primary N) is 1. The summed E-state index contributed by atoms with van der Waals surface area (Å²) in [5, 5.41) is 0.606. The van der Waals surface area contributed by atoms with Crippen molar-refractivity contribution in [2.45, 2.75) is 0 Å². The Morgan fingerprint density at radius 1 is 0.941 bits per heavy atom. The number of ketones is 1. The molecule has 2 nitrogen and oxygen atoms in total. The third kappa shape index (κ3) is 2.28. The number of benzene rings is 2. The van der Waals surface area contributed by atoms with Crippen LogP contribution in [0.15, 0.2) is 42.5 Å². The van der Waals surface area contributed by atoms with Crippen LogP contribution in [-0.2, 0) is 0 Å².